The Balaban J connectivity index is 1.72. The molecule has 0 N–H and O–H groups in total. The highest BCUT2D eigenvalue weighted by Gasteiger charge is 2.28. The number of hydrogen-bond donors (Lipinski definition) is 0. The molecule has 0 unspecified atom stereocenters. The minimum atomic E-state index is -3.64. The molecule has 0 aliphatic carbocycles. The third-order valence-corrected chi connectivity index (χ3v) is 7.25. The second kappa shape index (κ2) is 9.17. The van der Waals surface area contributed by atoms with Crippen molar-refractivity contribution in [3.63, 3.8) is 0 Å². The van der Waals surface area contributed by atoms with Crippen molar-refractivity contribution in [3.8, 4) is 0 Å². The summed E-state index contributed by atoms with van der Waals surface area (Å²) in [6.45, 7) is 1.79. The lowest BCUT2D eigenvalue weighted by Gasteiger charge is -2.35. The van der Waals surface area contributed by atoms with Crippen LogP contribution in [0.5, 0.6) is 0 Å². The largest absolute Gasteiger partial charge is 0.466 e. The summed E-state index contributed by atoms with van der Waals surface area (Å²) in [6, 6.07) is 11.9. The zero-order valence-corrected chi connectivity index (χ0v) is 18.0. The van der Waals surface area contributed by atoms with Gasteiger partial charge in [0.2, 0.25) is 10.0 Å². The standard InChI is InChI=1S/C20H20Cl2N2O4S/c1-28-20(25)8-5-15-3-2-4-17(13-15)29(26,27)24-11-9-23(10-12-24)16-6-7-18(21)19(22)14-16/h2-8,13-14H,9-12H2,1H3. The molecule has 1 fully saturated rings. The SMILES string of the molecule is COC(=O)C=Cc1cccc(S(=O)(=O)N2CCN(c3ccc(Cl)c(Cl)c3)CC2)c1. The zero-order valence-electron chi connectivity index (χ0n) is 15.7. The first-order valence-electron chi connectivity index (χ1n) is 8.87. The summed E-state index contributed by atoms with van der Waals surface area (Å²) in [4.78, 5) is 13.5. The van der Waals surface area contributed by atoms with Crippen LogP contribution in [0, 0.1) is 0 Å². The Morgan fingerprint density at radius 2 is 1.76 bits per heavy atom. The molecule has 3 rings (SSSR count). The van der Waals surface area contributed by atoms with Gasteiger partial charge in [-0.2, -0.15) is 4.31 Å². The third kappa shape index (κ3) is 5.11. The molecule has 1 aliphatic rings. The molecule has 2 aromatic rings. The fourth-order valence-electron chi connectivity index (χ4n) is 3.03. The highest BCUT2D eigenvalue weighted by Crippen LogP contribution is 2.28. The summed E-state index contributed by atoms with van der Waals surface area (Å²) < 4.78 is 32.1. The van der Waals surface area contributed by atoms with Crippen LogP contribution >= 0.6 is 23.2 Å². The number of rotatable bonds is 5. The molecule has 0 spiro atoms. The number of ether oxygens (including phenoxy) is 1. The predicted octanol–water partition coefficient (Wildman–Crippen LogP) is 3.69. The van der Waals surface area contributed by atoms with E-state index in [0.29, 0.717) is 41.8 Å². The number of anilines is 1. The molecule has 6 nitrogen and oxygen atoms in total. The lowest BCUT2D eigenvalue weighted by Crippen LogP contribution is -2.48. The molecule has 29 heavy (non-hydrogen) atoms. The number of sulfonamides is 1. The van der Waals surface area contributed by atoms with E-state index in [1.807, 2.05) is 6.07 Å². The Morgan fingerprint density at radius 3 is 2.41 bits per heavy atom. The number of esters is 1. The van der Waals surface area contributed by atoms with E-state index in [0.717, 1.165) is 5.69 Å². The third-order valence-electron chi connectivity index (χ3n) is 4.62. The smallest absolute Gasteiger partial charge is 0.330 e. The van der Waals surface area contributed by atoms with E-state index >= 15 is 0 Å². The van der Waals surface area contributed by atoms with Gasteiger partial charge in [0.15, 0.2) is 0 Å². The van der Waals surface area contributed by atoms with Crippen LogP contribution in [0.25, 0.3) is 6.08 Å². The summed E-state index contributed by atoms with van der Waals surface area (Å²) in [6.07, 6.45) is 2.77. The maximum atomic E-state index is 13.0. The fourth-order valence-corrected chi connectivity index (χ4v) is 4.80. The number of hydrogen-bond acceptors (Lipinski definition) is 5. The van der Waals surface area contributed by atoms with Gasteiger partial charge in [0.05, 0.1) is 22.1 Å². The summed E-state index contributed by atoms with van der Waals surface area (Å²) in [5.74, 6) is -0.503. The van der Waals surface area contributed by atoms with Gasteiger partial charge in [-0.25, -0.2) is 13.2 Å². The van der Waals surface area contributed by atoms with Crippen molar-refractivity contribution >= 4 is 51.0 Å². The first-order chi connectivity index (χ1) is 13.8. The summed E-state index contributed by atoms with van der Waals surface area (Å²) in [5.41, 5.74) is 1.51. The molecule has 0 amide bonds. The Hall–Kier alpha value is -2.06. The lowest BCUT2D eigenvalue weighted by atomic mass is 10.2. The maximum absolute atomic E-state index is 13.0. The van der Waals surface area contributed by atoms with E-state index in [4.69, 9.17) is 23.2 Å². The number of piperazine rings is 1. The molecule has 9 heteroatoms. The molecule has 0 radical (unpaired) electrons. The average Bonchev–Trinajstić information content (AvgIpc) is 2.74. The minimum absolute atomic E-state index is 0.188. The van der Waals surface area contributed by atoms with Crippen molar-refractivity contribution in [1.29, 1.82) is 0 Å². The molecule has 2 aromatic carbocycles. The van der Waals surface area contributed by atoms with Crippen LogP contribution in [0.1, 0.15) is 5.56 Å². The molecular weight excluding hydrogens is 435 g/mol. The maximum Gasteiger partial charge on any atom is 0.330 e. The first kappa shape index (κ1) is 21.6. The van der Waals surface area contributed by atoms with Crippen molar-refractivity contribution in [2.45, 2.75) is 4.90 Å². The average molecular weight is 455 g/mol. The highest BCUT2D eigenvalue weighted by atomic mass is 35.5. The highest BCUT2D eigenvalue weighted by molar-refractivity contribution is 7.89. The van der Waals surface area contributed by atoms with Crippen LogP contribution < -0.4 is 4.90 Å². The topological polar surface area (TPSA) is 66.9 Å². The summed E-state index contributed by atoms with van der Waals surface area (Å²) >= 11 is 12.0. The van der Waals surface area contributed by atoms with Gasteiger partial charge in [-0.15, -0.1) is 0 Å². The van der Waals surface area contributed by atoms with Gasteiger partial charge in [0, 0.05) is 37.9 Å². The fraction of sp³-hybridized carbons (Fsp3) is 0.250. The molecule has 0 aromatic heterocycles. The van der Waals surface area contributed by atoms with Gasteiger partial charge in [0.1, 0.15) is 0 Å². The monoisotopic (exact) mass is 454 g/mol. The molecule has 1 heterocycles. The van der Waals surface area contributed by atoms with Crippen LogP contribution in [-0.2, 0) is 19.6 Å². The zero-order chi connectivity index (χ0) is 21.0. The Kier molecular flexibility index (Phi) is 6.85. The van der Waals surface area contributed by atoms with Crippen LogP contribution in [0.15, 0.2) is 53.4 Å². The number of methoxy groups -OCH3 is 1. The van der Waals surface area contributed by atoms with Crippen LogP contribution in [0.3, 0.4) is 0 Å². The van der Waals surface area contributed by atoms with Gasteiger partial charge in [-0.1, -0.05) is 35.3 Å². The van der Waals surface area contributed by atoms with Crippen molar-refractivity contribution < 1.29 is 17.9 Å². The van der Waals surface area contributed by atoms with Gasteiger partial charge in [-0.05, 0) is 42.0 Å². The Morgan fingerprint density at radius 1 is 1.03 bits per heavy atom. The van der Waals surface area contributed by atoms with Crippen molar-refractivity contribution in [3.05, 3.63) is 64.1 Å². The van der Waals surface area contributed by atoms with Crippen LogP contribution in [0.2, 0.25) is 10.0 Å². The Labute approximate surface area is 180 Å². The van der Waals surface area contributed by atoms with Crippen LogP contribution in [0.4, 0.5) is 5.69 Å². The van der Waals surface area contributed by atoms with Gasteiger partial charge >= 0.3 is 5.97 Å². The van der Waals surface area contributed by atoms with Gasteiger partial charge in [0.25, 0.3) is 0 Å². The number of nitrogens with zero attached hydrogens (tertiary/aromatic N) is 2. The van der Waals surface area contributed by atoms with Crippen LogP contribution in [-0.4, -0.2) is 52.0 Å². The second-order valence-corrected chi connectivity index (χ2v) is 9.17. The van der Waals surface area contributed by atoms with E-state index in [2.05, 4.69) is 9.64 Å². The molecular formula is C20H20Cl2N2O4S. The number of halogens is 2. The predicted molar refractivity (Wildman–Crippen MR) is 115 cm³/mol. The molecule has 1 aliphatic heterocycles. The summed E-state index contributed by atoms with van der Waals surface area (Å²) in [7, 11) is -2.36. The second-order valence-electron chi connectivity index (χ2n) is 6.42. The number of carbonyl (C=O) groups is 1. The molecule has 0 saturated carbocycles. The molecule has 1 saturated heterocycles. The molecule has 154 valence electrons. The van der Waals surface area contributed by atoms with E-state index in [1.54, 1.807) is 36.4 Å². The number of benzene rings is 2. The van der Waals surface area contributed by atoms with E-state index < -0.39 is 16.0 Å². The minimum Gasteiger partial charge on any atom is -0.466 e. The van der Waals surface area contributed by atoms with Crippen molar-refractivity contribution in [2.24, 2.45) is 0 Å². The van der Waals surface area contributed by atoms with Crippen molar-refractivity contribution in [2.75, 3.05) is 38.2 Å². The van der Waals surface area contributed by atoms with E-state index in [-0.39, 0.29) is 4.90 Å². The Bertz CT molecular complexity index is 1030. The normalized spacial score (nSPS) is 15.6. The molecule has 0 atom stereocenters. The van der Waals surface area contributed by atoms with E-state index in [9.17, 15) is 13.2 Å². The molecule has 0 bridgehead atoms. The first-order valence-corrected chi connectivity index (χ1v) is 11.1. The van der Waals surface area contributed by atoms with Gasteiger partial charge in [-0.3, -0.25) is 0 Å². The summed E-state index contributed by atoms with van der Waals surface area (Å²) in [5, 5.41) is 0.953. The van der Waals surface area contributed by atoms with Gasteiger partial charge < -0.3 is 9.64 Å². The van der Waals surface area contributed by atoms with E-state index in [1.165, 1.54) is 23.6 Å². The quantitative estimate of drug-likeness (QED) is 0.508. The number of carbonyl (C=O) groups excluding carboxylic acids is 1. The lowest BCUT2D eigenvalue weighted by molar-refractivity contribution is -0.134. The van der Waals surface area contributed by atoms with Crippen molar-refractivity contribution in [1.82, 2.24) is 4.31 Å².